The van der Waals surface area contributed by atoms with Crippen LogP contribution in [0.25, 0.3) is 33.2 Å². The molecule has 2 aromatic heterocycles. The Kier molecular flexibility index (Phi) is 4.33. The van der Waals surface area contributed by atoms with E-state index >= 15 is 0 Å². The van der Waals surface area contributed by atoms with Crippen molar-refractivity contribution < 1.29 is 4.74 Å². The van der Waals surface area contributed by atoms with Gasteiger partial charge in [0.25, 0.3) is 5.56 Å². The summed E-state index contributed by atoms with van der Waals surface area (Å²) in [5.41, 5.74) is 4.96. The van der Waals surface area contributed by atoms with Crippen LogP contribution in [-0.2, 0) is 0 Å². The maximum Gasteiger partial charge on any atom is 0.274 e. The lowest BCUT2D eigenvalue weighted by Crippen LogP contribution is -2.23. The molecule has 1 aliphatic heterocycles. The van der Waals surface area contributed by atoms with Crippen LogP contribution in [0.2, 0.25) is 0 Å². The second kappa shape index (κ2) is 7.35. The Morgan fingerprint density at radius 2 is 1.78 bits per heavy atom. The van der Waals surface area contributed by atoms with Crippen LogP contribution in [0.5, 0.6) is 5.75 Å². The lowest BCUT2D eigenvalue weighted by molar-refractivity contribution is 0.440. The third kappa shape index (κ3) is 2.92. The monoisotopic (exact) mass is 437 g/mol. The molecule has 0 bridgehead atoms. The van der Waals surface area contributed by atoms with E-state index in [-0.39, 0.29) is 5.56 Å². The smallest absolute Gasteiger partial charge is 0.274 e. The van der Waals surface area contributed by atoms with Crippen molar-refractivity contribution in [3.05, 3.63) is 99.6 Å². The molecule has 0 saturated carbocycles. The molecule has 0 saturated heterocycles. The van der Waals surface area contributed by atoms with Crippen LogP contribution in [-0.4, -0.2) is 15.9 Å². The molecule has 5 nitrogen and oxygen atoms in total. The zero-order valence-corrected chi connectivity index (χ0v) is 18.2. The number of nitrogens with zero attached hydrogens (tertiary/aromatic N) is 3. The highest BCUT2D eigenvalue weighted by atomic mass is 32.1. The van der Waals surface area contributed by atoms with Gasteiger partial charge in [-0.3, -0.25) is 4.79 Å². The Labute approximate surface area is 188 Å². The van der Waals surface area contributed by atoms with Gasteiger partial charge >= 0.3 is 0 Å². The molecule has 0 amide bonds. The zero-order valence-electron chi connectivity index (χ0n) is 17.4. The van der Waals surface area contributed by atoms with Crippen LogP contribution in [0.15, 0.2) is 89.6 Å². The molecule has 0 fully saturated rings. The van der Waals surface area contributed by atoms with E-state index in [0.29, 0.717) is 15.4 Å². The number of hydrogen-bond acceptors (Lipinski definition) is 5. The number of para-hydroxylation sites is 2. The molecule has 0 unspecified atom stereocenters. The number of thiazole rings is 1. The molecule has 32 heavy (non-hydrogen) atoms. The lowest BCUT2D eigenvalue weighted by Gasteiger charge is -2.15. The fourth-order valence-electron chi connectivity index (χ4n) is 4.13. The fourth-order valence-corrected chi connectivity index (χ4v) is 5.06. The molecule has 1 aliphatic rings. The van der Waals surface area contributed by atoms with E-state index in [0.717, 1.165) is 34.6 Å². The SMILES string of the molecule is CCN1C(=CC=c2sc3nc4ccccc4n3c2=O)Oc2ccc(-c3ccccc3)cc21. The molecule has 0 N–H and O–H groups in total. The Morgan fingerprint density at radius 1 is 0.969 bits per heavy atom. The van der Waals surface area contributed by atoms with Crippen LogP contribution in [0, 0.1) is 0 Å². The molecule has 0 spiro atoms. The van der Waals surface area contributed by atoms with Gasteiger partial charge in [-0.1, -0.05) is 59.9 Å². The zero-order chi connectivity index (χ0) is 21.7. The highest BCUT2D eigenvalue weighted by Gasteiger charge is 2.25. The summed E-state index contributed by atoms with van der Waals surface area (Å²) in [6.07, 6.45) is 3.71. The van der Waals surface area contributed by atoms with E-state index in [1.54, 1.807) is 4.40 Å². The van der Waals surface area contributed by atoms with Crippen molar-refractivity contribution in [2.45, 2.75) is 6.92 Å². The van der Waals surface area contributed by atoms with Crippen LogP contribution in [0.4, 0.5) is 5.69 Å². The van der Waals surface area contributed by atoms with Gasteiger partial charge in [0.1, 0.15) is 0 Å². The van der Waals surface area contributed by atoms with Gasteiger partial charge < -0.3 is 9.64 Å². The van der Waals surface area contributed by atoms with Crippen molar-refractivity contribution in [3.8, 4) is 16.9 Å². The van der Waals surface area contributed by atoms with Crippen LogP contribution < -0.4 is 19.7 Å². The third-order valence-electron chi connectivity index (χ3n) is 5.68. The number of allylic oxidation sites excluding steroid dienone is 1. The molecule has 6 heteroatoms. The number of rotatable bonds is 3. The van der Waals surface area contributed by atoms with E-state index in [4.69, 9.17) is 4.74 Å². The van der Waals surface area contributed by atoms with E-state index < -0.39 is 0 Å². The first-order chi connectivity index (χ1) is 15.7. The number of ether oxygens (including phenoxy) is 1. The minimum Gasteiger partial charge on any atom is -0.439 e. The van der Waals surface area contributed by atoms with E-state index in [1.807, 2.05) is 60.7 Å². The van der Waals surface area contributed by atoms with Crippen LogP contribution in [0.1, 0.15) is 6.92 Å². The van der Waals surface area contributed by atoms with Crippen molar-refractivity contribution in [3.63, 3.8) is 0 Å². The Morgan fingerprint density at radius 3 is 2.62 bits per heavy atom. The van der Waals surface area contributed by atoms with Gasteiger partial charge in [-0.15, -0.1) is 0 Å². The Hall–Kier alpha value is -3.90. The summed E-state index contributed by atoms with van der Waals surface area (Å²) in [4.78, 5) is 20.4. The summed E-state index contributed by atoms with van der Waals surface area (Å²) in [7, 11) is 0. The maximum atomic E-state index is 13.0. The molecule has 3 aromatic carbocycles. The number of hydrogen-bond donors (Lipinski definition) is 0. The molecule has 0 atom stereocenters. The van der Waals surface area contributed by atoms with Crippen LogP contribution in [0.3, 0.4) is 0 Å². The van der Waals surface area contributed by atoms with E-state index in [1.165, 1.54) is 16.9 Å². The summed E-state index contributed by atoms with van der Waals surface area (Å²) < 4.78 is 8.43. The summed E-state index contributed by atoms with van der Waals surface area (Å²) in [5, 5.41) is 0. The van der Waals surface area contributed by atoms with Crippen molar-refractivity contribution in [1.29, 1.82) is 0 Å². The molecule has 5 aromatic rings. The Balaban J connectivity index is 1.40. The average Bonchev–Trinajstić information content (AvgIpc) is 3.47. The third-order valence-corrected chi connectivity index (χ3v) is 6.66. The normalized spacial score (nSPS) is 15.1. The Bertz CT molecular complexity index is 1620. The van der Waals surface area contributed by atoms with Gasteiger partial charge in [-0.25, -0.2) is 9.38 Å². The van der Waals surface area contributed by atoms with Crippen molar-refractivity contribution in [2.75, 3.05) is 11.4 Å². The second-order valence-corrected chi connectivity index (χ2v) is 8.57. The van der Waals surface area contributed by atoms with E-state index in [2.05, 4.69) is 41.1 Å². The first-order valence-corrected chi connectivity index (χ1v) is 11.3. The highest BCUT2D eigenvalue weighted by Crippen LogP contribution is 2.41. The first kappa shape index (κ1) is 18.8. The minimum absolute atomic E-state index is 0.0551. The van der Waals surface area contributed by atoms with Gasteiger partial charge in [0.05, 0.1) is 21.3 Å². The lowest BCUT2D eigenvalue weighted by atomic mass is 10.0. The number of aromatic nitrogens is 2. The van der Waals surface area contributed by atoms with Gasteiger partial charge in [0.2, 0.25) is 5.88 Å². The molecule has 6 rings (SSSR count). The predicted octanol–water partition coefficient (Wildman–Crippen LogP) is 4.84. The topological polar surface area (TPSA) is 46.8 Å². The summed E-state index contributed by atoms with van der Waals surface area (Å²) in [6, 6.07) is 24.2. The van der Waals surface area contributed by atoms with Crippen molar-refractivity contribution in [1.82, 2.24) is 9.38 Å². The quantitative estimate of drug-likeness (QED) is 0.405. The minimum atomic E-state index is -0.0551. The van der Waals surface area contributed by atoms with Gasteiger partial charge in [-0.2, -0.15) is 0 Å². The largest absolute Gasteiger partial charge is 0.439 e. The average molecular weight is 438 g/mol. The number of fused-ring (bicyclic) bond motifs is 4. The summed E-state index contributed by atoms with van der Waals surface area (Å²) >= 11 is 1.39. The highest BCUT2D eigenvalue weighted by molar-refractivity contribution is 7.15. The summed E-state index contributed by atoms with van der Waals surface area (Å²) in [5.74, 6) is 1.53. The molecule has 0 aliphatic carbocycles. The molecular weight excluding hydrogens is 418 g/mol. The summed E-state index contributed by atoms with van der Waals surface area (Å²) in [6.45, 7) is 2.85. The number of imidazole rings is 1. The number of anilines is 1. The van der Waals surface area contributed by atoms with Crippen LogP contribution >= 0.6 is 11.3 Å². The molecule has 156 valence electrons. The predicted molar refractivity (Wildman–Crippen MR) is 130 cm³/mol. The fraction of sp³-hybridized carbons (Fsp3) is 0.0769. The molecular formula is C26H19N3O2S. The molecule has 3 heterocycles. The molecule has 0 radical (unpaired) electrons. The van der Waals surface area contributed by atoms with Gasteiger partial charge in [0.15, 0.2) is 10.7 Å². The standard InChI is InChI=1S/C26H19N3O2S/c1-2-28-21-16-18(17-8-4-3-5-9-17)12-13-22(21)31-24(28)15-14-23-25(30)29-20-11-7-6-10-19(20)27-26(29)32-23/h3-16H,2H2,1H3. The van der Waals surface area contributed by atoms with Crippen molar-refractivity contribution >= 4 is 39.1 Å². The van der Waals surface area contributed by atoms with Gasteiger partial charge in [0, 0.05) is 12.6 Å². The first-order valence-electron chi connectivity index (χ1n) is 10.5. The van der Waals surface area contributed by atoms with E-state index in [9.17, 15) is 4.79 Å². The van der Waals surface area contributed by atoms with Crippen molar-refractivity contribution in [2.24, 2.45) is 0 Å². The second-order valence-electron chi connectivity index (χ2n) is 7.56. The number of benzene rings is 3. The van der Waals surface area contributed by atoms with Gasteiger partial charge in [-0.05, 0) is 48.4 Å². The maximum absolute atomic E-state index is 13.0.